The second-order valence-corrected chi connectivity index (χ2v) is 12.7. The van der Waals surface area contributed by atoms with Gasteiger partial charge in [0.1, 0.15) is 0 Å². The lowest BCUT2D eigenvalue weighted by Gasteiger charge is -2.44. The predicted molar refractivity (Wildman–Crippen MR) is 128 cm³/mol. The highest BCUT2D eigenvalue weighted by atomic mass is 32.2. The number of hydrogen-bond acceptors (Lipinski definition) is 4. The topological polar surface area (TPSA) is 74.6 Å². The Kier molecular flexibility index (Phi) is 7.00. The van der Waals surface area contributed by atoms with Gasteiger partial charge >= 0.3 is 0 Å². The number of fused-ring (bicyclic) bond motifs is 1. The van der Waals surface area contributed by atoms with Gasteiger partial charge in [0, 0.05) is 0 Å². The van der Waals surface area contributed by atoms with Gasteiger partial charge in [0.25, 0.3) is 0 Å². The molecule has 2 N–H and O–H groups in total. The molecule has 0 bridgehead atoms. The average Bonchev–Trinajstić information content (AvgIpc) is 3.09. The Labute approximate surface area is 193 Å². The minimum atomic E-state index is -3.28. The van der Waals surface area contributed by atoms with E-state index < -0.39 is 22.0 Å². The average molecular weight is 459 g/mol. The van der Waals surface area contributed by atoms with Gasteiger partial charge in [-0.05, 0) is 86.7 Å². The van der Waals surface area contributed by atoms with Crippen LogP contribution in [0, 0.1) is 23.2 Å². The standard InChI is InChI=1S/C27H38O4S/c1-19(18-32(30,31)24-8-4-3-5-9-24)25-12-13-26-21(7-6-14-27(25,26)2)11-10-20-15-22(28)17-23(29)16-20/h3-5,8-11,19,22-23,25-26,28-29H,6-7,12-18H2,1-2H3/b21-11+/t19-,22-,23-,25-,26+,27-/m1/s1. The van der Waals surface area contributed by atoms with Crippen LogP contribution in [0.25, 0.3) is 0 Å². The molecule has 0 aromatic heterocycles. The van der Waals surface area contributed by atoms with Gasteiger partial charge in [0.15, 0.2) is 9.84 Å². The first kappa shape index (κ1) is 23.7. The molecule has 0 radical (unpaired) electrons. The summed E-state index contributed by atoms with van der Waals surface area (Å²) in [6.07, 6.45) is 10.9. The van der Waals surface area contributed by atoms with Crippen molar-refractivity contribution in [3.63, 3.8) is 0 Å². The zero-order valence-electron chi connectivity index (χ0n) is 19.4. The largest absolute Gasteiger partial charge is 0.393 e. The van der Waals surface area contributed by atoms with Crippen molar-refractivity contribution < 1.29 is 18.6 Å². The lowest BCUT2D eigenvalue weighted by atomic mass is 9.61. The van der Waals surface area contributed by atoms with Crippen LogP contribution in [0.2, 0.25) is 0 Å². The van der Waals surface area contributed by atoms with Crippen molar-refractivity contribution in [2.75, 3.05) is 5.75 Å². The molecule has 6 atom stereocenters. The number of benzene rings is 1. The fourth-order valence-corrected chi connectivity index (χ4v) is 8.62. The van der Waals surface area contributed by atoms with Crippen LogP contribution in [0.1, 0.15) is 65.2 Å². The van der Waals surface area contributed by atoms with Crippen LogP contribution in [0.4, 0.5) is 0 Å². The van der Waals surface area contributed by atoms with E-state index in [2.05, 4.69) is 26.0 Å². The van der Waals surface area contributed by atoms with E-state index >= 15 is 0 Å². The molecule has 0 aliphatic heterocycles. The Balaban J connectivity index is 1.50. The van der Waals surface area contributed by atoms with Gasteiger partial charge in [0.2, 0.25) is 0 Å². The van der Waals surface area contributed by atoms with Crippen LogP contribution in [-0.4, -0.2) is 36.6 Å². The predicted octanol–water partition coefficient (Wildman–Crippen LogP) is 5.07. The van der Waals surface area contributed by atoms with Gasteiger partial charge in [-0.25, -0.2) is 8.42 Å². The number of hydrogen-bond donors (Lipinski definition) is 2. The van der Waals surface area contributed by atoms with E-state index in [1.165, 1.54) is 5.57 Å². The van der Waals surface area contributed by atoms with Crippen LogP contribution in [0.5, 0.6) is 0 Å². The summed E-state index contributed by atoms with van der Waals surface area (Å²) in [5.74, 6) is 1.23. The molecule has 3 aliphatic carbocycles. The van der Waals surface area contributed by atoms with Gasteiger partial charge in [-0.15, -0.1) is 0 Å². The third kappa shape index (κ3) is 4.90. The first-order valence-electron chi connectivity index (χ1n) is 12.2. The van der Waals surface area contributed by atoms with E-state index in [9.17, 15) is 18.6 Å². The molecular formula is C27H38O4S. The summed E-state index contributed by atoms with van der Waals surface area (Å²) < 4.78 is 26.0. The van der Waals surface area contributed by atoms with Crippen molar-refractivity contribution in [3.05, 3.63) is 53.6 Å². The molecule has 1 aromatic rings. The smallest absolute Gasteiger partial charge is 0.178 e. The van der Waals surface area contributed by atoms with Crippen LogP contribution >= 0.6 is 0 Å². The first-order valence-corrected chi connectivity index (χ1v) is 13.9. The molecule has 3 aliphatic rings. The second-order valence-electron chi connectivity index (χ2n) is 10.7. The molecule has 4 nitrogen and oxygen atoms in total. The first-order chi connectivity index (χ1) is 15.2. The second kappa shape index (κ2) is 9.44. The summed E-state index contributed by atoms with van der Waals surface area (Å²) in [7, 11) is -3.28. The minimum Gasteiger partial charge on any atom is -0.393 e. The third-order valence-electron chi connectivity index (χ3n) is 8.38. The summed E-state index contributed by atoms with van der Waals surface area (Å²) >= 11 is 0. The summed E-state index contributed by atoms with van der Waals surface area (Å²) in [5, 5.41) is 20.0. The Morgan fingerprint density at radius 2 is 1.78 bits per heavy atom. The summed E-state index contributed by atoms with van der Waals surface area (Å²) in [5.41, 5.74) is 2.74. The number of rotatable bonds is 5. The molecule has 0 amide bonds. The van der Waals surface area contributed by atoms with Gasteiger partial charge in [-0.3, -0.25) is 0 Å². The Morgan fingerprint density at radius 1 is 1.09 bits per heavy atom. The van der Waals surface area contributed by atoms with Crippen LogP contribution in [-0.2, 0) is 9.84 Å². The lowest BCUT2D eigenvalue weighted by Crippen LogP contribution is -2.37. The number of allylic oxidation sites excluding steroid dienone is 3. The van der Waals surface area contributed by atoms with Crippen molar-refractivity contribution in [2.24, 2.45) is 23.2 Å². The Hall–Kier alpha value is -1.43. The highest BCUT2D eigenvalue weighted by molar-refractivity contribution is 7.91. The SMILES string of the molecule is C[C@H](CS(=O)(=O)c1ccccc1)[C@H]1CC[C@H]2/C(=C/C=C3C[C@@H](O)C[C@H](O)C3)CCC[C@]12C. The van der Waals surface area contributed by atoms with Crippen LogP contribution in [0.15, 0.2) is 58.5 Å². The molecule has 0 saturated heterocycles. The number of aliphatic hydroxyl groups excluding tert-OH is 2. The quantitative estimate of drug-likeness (QED) is 0.646. The van der Waals surface area contributed by atoms with E-state index in [4.69, 9.17) is 0 Å². The fraction of sp³-hybridized carbons (Fsp3) is 0.630. The Bertz CT molecular complexity index is 953. The highest BCUT2D eigenvalue weighted by Gasteiger charge is 2.51. The highest BCUT2D eigenvalue weighted by Crippen LogP contribution is 2.59. The molecule has 3 saturated carbocycles. The van der Waals surface area contributed by atoms with E-state index in [1.54, 1.807) is 24.3 Å². The molecule has 3 fully saturated rings. The number of sulfone groups is 1. The van der Waals surface area contributed by atoms with Crippen molar-refractivity contribution in [2.45, 2.75) is 82.3 Å². The molecule has 4 rings (SSSR count). The fourth-order valence-electron chi connectivity index (χ4n) is 6.93. The van der Waals surface area contributed by atoms with Gasteiger partial charge in [0.05, 0.1) is 22.9 Å². The lowest BCUT2D eigenvalue weighted by molar-refractivity contribution is 0.0609. The number of aliphatic hydroxyl groups is 2. The summed E-state index contributed by atoms with van der Waals surface area (Å²) in [4.78, 5) is 0.430. The maximum Gasteiger partial charge on any atom is 0.178 e. The Morgan fingerprint density at radius 3 is 2.47 bits per heavy atom. The monoisotopic (exact) mass is 458 g/mol. The van der Waals surface area contributed by atoms with Crippen molar-refractivity contribution in [3.8, 4) is 0 Å². The van der Waals surface area contributed by atoms with E-state index in [1.807, 2.05) is 6.07 Å². The maximum absolute atomic E-state index is 13.0. The molecule has 32 heavy (non-hydrogen) atoms. The minimum absolute atomic E-state index is 0.122. The van der Waals surface area contributed by atoms with Gasteiger partial charge in [-0.2, -0.15) is 0 Å². The van der Waals surface area contributed by atoms with Gasteiger partial charge < -0.3 is 10.2 Å². The molecule has 0 unspecified atom stereocenters. The molecule has 0 spiro atoms. The van der Waals surface area contributed by atoms with Crippen molar-refractivity contribution in [1.29, 1.82) is 0 Å². The molecule has 176 valence electrons. The van der Waals surface area contributed by atoms with Crippen LogP contribution in [0.3, 0.4) is 0 Å². The maximum atomic E-state index is 13.0. The zero-order chi connectivity index (χ0) is 22.9. The normalized spacial score (nSPS) is 35.5. The zero-order valence-corrected chi connectivity index (χ0v) is 20.2. The van der Waals surface area contributed by atoms with Crippen molar-refractivity contribution in [1.82, 2.24) is 0 Å². The van der Waals surface area contributed by atoms with E-state index in [-0.39, 0.29) is 17.1 Å². The molecular weight excluding hydrogens is 420 g/mol. The van der Waals surface area contributed by atoms with Gasteiger partial charge in [-0.1, -0.05) is 55.3 Å². The molecule has 0 heterocycles. The molecule has 1 aromatic carbocycles. The molecule has 5 heteroatoms. The van der Waals surface area contributed by atoms with E-state index in [0.717, 1.165) is 37.7 Å². The van der Waals surface area contributed by atoms with E-state index in [0.29, 0.717) is 36.0 Å². The van der Waals surface area contributed by atoms with Crippen LogP contribution < -0.4 is 0 Å². The third-order valence-corrected chi connectivity index (χ3v) is 10.3. The van der Waals surface area contributed by atoms with Crippen molar-refractivity contribution >= 4 is 9.84 Å². The summed E-state index contributed by atoms with van der Waals surface area (Å²) in [6, 6.07) is 8.85. The summed E-state index contributed by atoms with van der Waals surface area (Å²) in [6.45, 7) is 4.51.